The van der Waals surface area contributed by atoms with Gasteiger partial charge in [-0.2, -0.15) is 0 Å². The van der Waals surface area contributed by atoms with Crippen molar-refractivity contribution in [3.63, 3.8) is 0 Å². The van der Waals surface area contributed by atoms with Crippen LogP contribution in [-0.2, 0) is 4.79 Å². The number of anilines is 1. The van der Waals surface area contributed by atoms with Crippen molar-refractivity contribution in [1.29, 1.82) is 0 Å². The molecule has 15 heavy (non-hydrogen) atoms. The maximum absolute atomic E-state index is 11.3. The predicted molar refractivity (Wildman–Crippen MR) is 64.5 cm³/mol. The van der Waals surface area contributed by atoms with Gasteiger partial charge in [-0.25, -0.2) is 9.97 Å². The van der Waals surface area contributed by atoms with Crippen molar-refractivity contribution >= 4 is 34.3 Å². The summed E-state index contributed by atoms with van der Waals surface area (Å²) in [6.07, 6.45) is 3.31. The third-order valence-corrected chi connectivity index (χ3v) is 3.21. The fourth-order valence-corrected chi connectivity index (χ4v) is 2.20. The number of carbonyl (C=O) groups is 1. The Morgan fingerprint density at radius 1 is 1.67 bits per heavy atom. The van der Waals surface area contributed by atoms with E-state index in [-0.39, 0.29) is 11.8 Å². The van der Waals surface area contributed by atoms with Gasteiger partial charge in [-0.15, -0.1) is 0 Å². The Labute approximate surface area is 101 Å². The number of nitrogens with one attached hydrogen (secondary N) is 1. The minimum Gasteiger partial charge on any atom is -0.359 e. The van der Waals surface area contributed by atoms with E-state index in [0.29, 0.717) is 0 Å². The van der Waals surface area contributed by atoms with Crippen LogP contribution in [0.15, 0.2) is 12.5 Å². The number of hydrogen-bond donors (Lipinski definition) is 1. The average Bonchev–Trinajstić information content (AvgIpc) is 2.18. The number of amides is 1. The van der Waals surface area contributed by atoms with Gasteiger partial charge in [0.2, 0.25) is 5.91 Å². The Morgan fingerprint density at radius 3 is 3.00 bits per heavy atom. The zero-order valence-corrected chi connectivity index (χ0v) is 10.4. The maximum Gasteiger partial charge on any atom is 0.226 e. The lowest BCUT2D eigenvalue weighted by molar-refractivity contribution is -0.125. The van der Waals surface area contributed by atoms with Crippen molar-refractivity contribution in [2.24, 2.45) is 5.92 Å². The van der Waals surface area contributed by atoms with Gasteiger partial charge in [0.1, 0.15) is 12.1 Å². The smallest absolute Gasteiger partial charge is 0.226 e. The molecule has 0 radical (unpaired) electrons. The van der Waals surface area contributed by atoms with Gasteiger partial charge in [0.25, 0.3) is 0 Å². The summed E-state index contributed by atoms with van der Waals surface area (Å²) in [5.74, 6) is 1.13. The topological polar surface area (TPSA) is 58.1 Å². The molecule has 6 heteroatoms. The molecule has 0 aliphatic carbocycles. The van der Waals surface area contributed by atoms with Gasteiger partial charge < -0.3 is 10.2 Å². The molecule has 1 fully saturated rings. The Balaban J connectivity index is 2.00. The average molecular weight is 318 g/mol. The van der Waals surface area contributed by atoms with E-state index in [9.17, 15) is 4.79 Å². The van der Waals surface area contributed by atoms with Crippen LogP contribution in [0.5, 0.6) is 0 Å². The molecule has 1 saturated heterocycles. The third-order valence-electron chi connectivity index (χ3n) is 2.45. The summed E-state index contributed by atoms with van der Waals surface area (Å²) in [6, 6.07) is 0. The molecule has 0 saturated carbocycles. The molecular weight excluding hydrogens is 307 g/mol. The molecule has 80 valence electrons. The number of rotatable bonds is 2. The van der Waals surface area contributed by atoms with E-state index < -0.39 is 0 Å². The highest BCUT2D eigenvalue weighted by Crippen LogP contribution is 2.26. The van der Waals surface area contributed by atoms with Gasteiger partial charge in [-0.1, -0.05) is 0 Å². The van der Waals surface area contributed by atoms with Crippen molar-refractivity contribution in [1.82, 2.24) is 15.3 Å². The third kappa shape index (κ3) is 2.04. The first-order valence-corrected chi connectivity index (χ1v) is 5.72. The molecule has 1 aliphatic rings. The van der Waals surface area contributed by atoms with Crippen LogP contribution in [-0.4, -0.2) is 36.0 Å². The quantitative estimate of drug-likeness (QED) is 0.795. The Bertz CT molecular complexity index is 378. The SMILES string of the molecule is CNC(=O)C1CN(c2ncncc2I)C1. The predicted octanol–water partition coefficient (Wildman–Crippen LogP) is 0.263. The Kier molecular flexibility index (Phi) is 3.03. The van der Waals surface area contributed by atoms with Crippen molar-refractivity contribution in [2.45, 2.75) is 0 Å². The summed E-state index contributed by atoms with van der Waals surface area (Å²) in [5, 5.41) is 2.65. The van der Waals surface area contributed by atoms with Crippen LogP contribution in [0.25, 0.3) is 0 Å². The van der Waals surface area contributed by atoms with E-state index in [2.05, 4.69) is 42.8 Å². The molecule has 0 spiro atoms. The number of aromatic nitrogens is 2. The van der Waals surface area contributed by atoms with Crippen LogP contribution >= 0.6 is 22.6 Å². The van der Waals surface area contributed by atoms with E-state index >= 15 is 0 Å². The molecule has 1 amide bonds. The highest BCUT2D eigenvalue weighted by atomic mass is 127. The molecule has 5 nitrogen and oxygen atoms in total. The van der Waals surface area contributed by atoms with Crippen molar-refractivity contribution in [3.05, 3.63) is 16.1 Å². The van der Waals surface area contributed by atoms with Crippen LogP contribution < -0.4 is 10.2 Å². The zero-order valence-electron chi connectivity index (χ0n) is 8.27. The van der Waals surface area contributed by atoms with E-state index in [1.807, 2.05) is 0 Å². The Morgan fingerprint density at radius 2 is 2.40 bits per heavy atom. The van der Waals surface area contributed by atoms with Crippen LogP contribution in [0.2, 0.25) is 0 Å². The van der Waals surface area contributed by atoms with Gasteiger partial charge in [-0.3, -0.25) is 4.79 Å². The first-order chi connectivity index (χ1) is 7.22. The van der Waals surface area contributed by atoms with Crippen LogP contribution in [0, 0.1) is 9.49 Å². The van der Waals surface area contributed by atoms with Crippen LogP contribution in [0.1, 0.15) is 0 Å². The molecule has 0 bridgehead atoms. The van der Waals surface area contributed by atoms with E-state index in [4.69, 9.17) is 0 Å². The fourth-order valence-electron chi connectivity index (χ4n) is 1.56. The van der Waals surface area contributed by atoms with E-state index in [0.717, 1.165) is 22.5 Å². The summed E-state index contributed by atoms with van der Waals surface area (Å²) in [7, 11) is 1.67. The second-order valence-corrected chi connectivity index (χ2v) is 4.57. The largest absolute Gasteiger partial charge is 0.359 e. The lowest BCUT2D eigenvalue weighted by Crippen LogP contribution is -2.53. The molecule has 1 aromatic rings. The molecule has 1 aromatic heterocycles. The molecule has 1 N–H and O–H groups in total. The lowest BCUT2D eigenvalue weighted by Gasteiger charge is -2.39. The summed E-state index contributed by atoms with van der Waals surface area (Å²) in [4.78, 5) is 21.5. The van der Waals surface area contributed by atoms with E-state index in [1.54, 1.807) is 13.2 Å². The van der Waals surface area contributed by atoms with Gasteiger partial charge in [0, 0.05) is 26.3 Å². The summed E-state index contributed by atoms with van der Waals surface area (Å²) >= 11 is 2.20. The van der Waals surface area contributed by atoms with Gasteiger partial charge in [-0.05, 0) is 22.6 Å². The van der Waals surface area contributed by atoms with Gasteiger partial charge in [0.15, 0.2) is 0 Å². The van der Waals surface area contributed by atoms with Crippen LogP contribution in [0.4, 0.5) is 5.82 Å². The maximum atomic E-state index is 11.3. The summed E-state index contributed by atoms with van der Waals surface area (Å²) < 4.78 is 1.02. The van der Waals surface area contributed by atoms with Crippen molar-refractivity contribution in [3.8, 4) is 0 Å². The molecule has 0 atom stereocenters. The minimum absolute atomic E-state index is 0.0979. The van der Waals surface area contributed by atoms with Crippen LogP contribution in [0.3, 0.4) is 0 Å². The second kappa shape index (κ2) is 4.30. The first-order valence-electron chi connectivity index (χ1n) is 4.64. The first kappa shape index (κ1) is 10.6. The van der Waals surface area contributed by atoms with Crippen molar-refractivity contribution in [2.75, 3.05) is 25.0 Å². The highest BCUT2D eigenvalue weighted by molar-refractivity contribution is 14.1. The number of hydrogen-bond acceptors (Lipinski definition) is 4. The number of halogens is 1. The normalized spacial score (nSPS) is 16.0. The summed E-state index contributed by atoms with van der Waals surface area (Å²) in [6.45, 7) is 1.49. The standard InChI is InChI=1S/C9H11IN4O/c1-11-9(15)6-3-14(4-6)8-7(10)2-12-5-13-8/h2,5-6H,3-4H2,1H3,(H,11,15). The Hall–Kier alpha value is -0.920. The number of carbonyl (C=O) groups excluding carboxylic acids is 1. The molecular formula is C9H11IN4O. The molecule has 1 aliphatic heterocycles. The number of nitrogens with zero attached hydrogens (tertiary/aromatic N) is 3. The minimum atomic E-state index is 0.0979. The second-order valence-electron chi connectivity index (χ2n) is 3.41. The zero-order chi connectivity index (χ0) is 10.8. The van der Waals surface area contributed by atoms with Crippen molar-refractivity contribution < 1.29 is 4.79 Å². The molecule has 2 rings (SSSR count). The monoisotopic (exact) mass is 318 g/mol. The molecule has 0 unspecified atom stereocenters. The highest BCUT2D eigenvalue weighted by Gasteiger charge is 2.33. The fraction of sp³-hybridized carbons (Fsp3) is 0.444. The van der Waals surface area contributed by atoms with Gasteiger partial charge >= 0.3 is 0 Å². The lowest BCUT2D eigenvalue weighted by atomic mass is 9.99. The molecule has 0 aromatic carbocycles. The van der Waals surface area contributed by atoms with Gasteiger partial charge in [0.05, 0.1) is 9.49 Å². The molecule has 2 heterocycles. The summed E-state index contributed by atoms with van der Waals surface area (Å²) in [5.41, 5.74) is 0. The van der Waals surface area contributed by atoms with E-state index in [1.165, 1.54) is 6.33 Å².